The molecule has 2 aromatic carbocycles. The van der Waals surface area contributed by atoms with Crippen molar-refractivity contribution in [3.05, 3.63) is 36.4 Å². The third-order valence-electron chi connectivity index (χ3n) is 4.81. The molecule has 0 aromatic heterocycles. The van der Waals surface area contributed by atoms with Crippen molar-refractivity contribution in [3.8, 4) is 22.6 Å². The Bertz CT molecular complexity index is 955. The van der Waals surface area contributed by atoms with Crippen LogP contribution in [0, 0.1) is 0 Å². The number of benzene rings is 2. The summed E-state index contributed by atoms with van der Waals surface area (Å²) in [7, 11) is 4.54. The van der Waals surface area contributed by atoms with Gasteiger partial charge in [-0.05, 0) is 77.4 Å². The summed E-state index contributed by atoms with van der Waals surface area (Å²) >= 11 is 0. The standard InChI is InChI=1S/C22H30N2O4S/c1-23(2)11-5-13-27-17-8-10-21-20(15-17)19-9-7-18(16-22(19)29(21,25)26)28-14-6-12-24(3)4/h7-10,15-16H,5-6,11-14H2,1-4H3. The lowest BCUT2D eigenvalue weighted by Gasteiger charge is -2.11. The van der Waals surface area contributed by atoms with E-state index < -0.39 is 9.84 Å². The van der Waals surface area contributed by atoms with Crippen molar-refractivity contribution in [1.29, 1.82) is 0 Å². The Morgan fingerprint density at radius 3 is 1.86 bits per heavy atom. The van der Waals surface area contributed by atoms with E-state index in [-0.39, 0.29) is 0 Å². The van der Waals surface area contributed by atoms with E-state index in [4.69, 9.17) is 9.47 Å². The summed E-state index contributed by atoms with van der Waals surface area (Å²) in [5, 5.41) is 0. The molecule has 0 saturated heterocycles. The first-order chi connectivity index (χ1) is 13.8. The van der Waals surface area contributed by atoms with Gasteiger partial charge in [0.15, 0.2) is 0 Å². The van der Waals surface area contributed by atoms with Gasteiger partial charge in [0.25, 0.3) is 0 Å². The Hall–Kier alpha value is -2.09. The van der Waals surface area contributed by atoms with Crippen molar-refractivity contribution in [2.75, 3.05) is 54.5 Å². The SMILES string of the molecule is CN(C)CCCOc1ccc2c(c1)-c1ccc(OCCCN(C)C)cc1S2(=O)=O. The molecule has 0 unspecified atom stereocenters. The van der Waals surface area contributed by atoms with Gasteiger partial charge >= 0.3 is 0 Å². The predicted molar refractivity (Wildman–Crippen MR) is 115 cm³/mol. The summed E-state index contributed by atoms with van der Waals surface area (Å²) in [5.74, 6) is 1.27. The smallest absolute Gasteiger partial charge is 0.207 e. The summed E-state index contributed by atoms with van der Waals surface area (Å²) in [6.07, 6.45) is 1.79. The van der Waals surface area contributed by atoms with Crippen molar-refractivity contribution in [3.63, 3.8) is 0 Å². The van der Waals surface area contributed by atoms with Crippen LogP contribution in [0.2, 0.25) is 0 Å². The molecule has 29 heavy (non-hydrogen) atoms. The Labute approximate surface area is 174 Å². The third-order valence-corrected chi connectivity index (χ3v) is 6.66. The van der Waals surface area contributed by atoms with Gasteiger partial charge in [-0.2, -0.15) is 0 Å². The van der Waals surface area contributed by atoms with Gasteiger partial charge in [-0.1, -0.05) is 0 Å². The van der Waals surface area contributed by atoms with Crippen LogP contribution in [0.1, 0.15) is 12.8 Å². The second-order valence-corrected chi connectivity index (χ2v) is 9.72. The maximum atomic E-state index is 13.0. The zero-order valence-electron chi connectivity index (χ0n) is 17.6. The van der Waals surface area contributed by atoms with Gasteiger partial charge in [0.05, 0.1) is 23.0 Å². The molecular weight excluding hydrogens is 388 g/mol. The molecule has 7 heteroatoms. The van der Waals surface area contributed by atoms with Crippen LogP contribution >= 0.6 is 0 Å². The maximum absolute atomic E-state index is 13.0. The second kappa shape index (κ2) is 9.15. The number of nitrogens with zero attached hydrogens (tertiary/aromatic N) is 2. The van der Waals surface area contributed by atoms with E-state index in [9.17, 15) is 8.42 Å². The van der Waals surface area contributed by atoms with Gasteiger partial charge in [-0.25, -0.2) is 8.42 Å². The van der Waals surface area contributed by atoms with E-state index in [1.807, 2.05) is 46.4 Å². The number of ether oxygens (including phenoxy) is 2. The average Bonchev–Trinajstić information content (AvgIpc) is 2.89. The maximum Gasteiger partial charge on any atom is 0.207 e. The van der Waals surface area contributed by atoms with Gasteiger partial charge in [0, 0.05) is 24.2 Å². The van der Waals surface area contributed by atoms with E-state index >= 15 is 0 Å². The minimum absolute atomic E-state index is 0.308. The fourth-order valence-electron chi connectivity index (χ4n) is 3.34. The molecule has 0 atom stereocenters. The highest BCUT2D eigenvalue weighted by atomic mass is 32.2. The Morgan fingerprint density at radius 2 is 1.28 bits per heavy atom. The monoisotopic (exact) mass is 418 g/mol. The van der Waals surface area contributed by atoms with Crippen molar-refractivity contribution >= 4 is 9.84 Å². The quantitative estimate of drug-likeness (QED) is 0.472. The van der Waals surface area contributed by atoms with Crippen LogP contribution in [-0.2, 0) is 9.84 Å². The normalized spacial score (nSPS) is 14.1. The molecule has 1 heterocycles. The van der Waals surface area contributed by atoms with E-state index in [2.05, 4.69) is 9.80 Å². The molecule has 0 bridgehead atoms. The lowest BCUT2D eigenvalue weighted by atomic mass is 10.1. The molecule has 158 valence electrons. The minimum Gasteiger partial charge on any atom is -0.494 e. The van der Waals surface area contributed by atoms with E-state index in [1.54, 1.807) is 18.2 Å². The van der Waals surface area contributed by atoms with Gasteiger partial charge in [-0.15, -0.1) is 0 Å². The van der Waals surface area contributed by atoms with Crippen LogP contribution in [0.3, 0.4) is 0 Å². The molecule has 0 aliphatic carbocycles. The van der Waals surface area contributed by atoms with Crippen LogP contribution in [-0.4, -0.2) is 72.7 Å². The fourth-order valence-corrected chi connectivity index (χ4v) is 5.02. The topological polar surface area (TPSA) is 59.1 Å². The van der Waals surface area contributed by atoms with Gasteiger partial charge in [0.1, 0.15) is 11.5 Å². The molecule has 3 rings (SSSR count). The number of sulfone groups is 1. The fraction of sp³-hybridized carbons (Fsp3) is 0.455. The molecule has 0 amide bonds. The third kappa shape index (κ3) is 5.10. The summed E-state index contributed by atoms with van der Waals surface area (Å²) < 4.78 is 37.6. The van der Waals surface area contributed by atoms with Crippen molar-refractivity contribution in [2.24, 2.45) is 0 Å². The minimum atomic E-state index is -3.54. The lowest BCUT2D eigenvalue weighted by Crippen LogP contribution is -2.15. The number of fused-ring (bicyclic) bond motifs is 3. The first-order valence-corrected chi connectivity index (χ1v) is 11.4. The number of hydrogen-bond donors (Lipinski definition) is 0. The molecule has 0 fully saturated rings. The first-order valence-electron chi connectivity index (χ1n) is 9.87. The molecule has 1 aliphatic rings. The number of hydrogen-bond acceptors (Lipinski definition) is 6. The highest BCUT2D eigenvalue weighted by Gasteiger charge is 2.33. The highest BCUT2D eigenvalue weighted by Crippen LogP contribution is 2.45. The molecule has 0 saturated carbocycles. The van der Waals surface area contributed by atoms with E-state index in [1.165, 1.54) is 0 Å². The Morgan fingerprint density at radius 1 is 0.724 bits per heavy atom. The molecular formula is C22H30N2O4S. The van der Waals surface area contributed by atoms with Crippen molar-refractivity contribution in [1.82, 2.24) is 9.80 Å². The highest BCUT2D eigenvalue weighted by molar-refractivity contribution is 7.92. The molecule has 1 aliphatic heterocycles. The lowest BCUT2D eigenvalue weighted by molar-refractivity contribution is 0.281. The van der Waals surface area contributed by atoms with Crippen LogP contribution in [0.25, 0.3) is 11.1 Å². The first kappa shape index (κ1) is 21.6. The summed E-state index contributed by atoms with van der Waals surface area (Å²) in [5.41, 5.74) is 1.41. The average molecular weight is 419 g/mol. The molecule has 0 radical (unpaired) electrons. The van der Waals surface area contributed by atoms with Crippen LogP contribution in [0.5, 0.6) is 11.5 Å². The molecule has 2 aromatic rings. The zero-order chi connectivity index (χ0) is 21.0. The van der Waals surface area contributed by atoms with Gasteiger partial charge in [0.2, 0.25) is 9.84 Å². The Balaban J connectivity index is 1.75. The zero-order valence-corrected chi connectivity index (χ0v) is 18.5. The predicted octanol–water partition coefficient (Wildman–Crippen LogP) is 3.16. The van der Waals surface area contributed by atoms with E-state index in [0.717, 1.165) is 25.9 Å². The van der Waals surface area contributed by atoms with Crippen molar-refractivity contribution < 1.29 is 17.9 Å². The van der Waals surface area contributed by atoms with Crippen LogP contribution < -0.4 is 9.47 Å². The number of rotatable bonds is 10. The van der Waals surface area contributed by atoms with Gasteiger partial charge < -0.3 is 19.3 Å². The summed E-state index contributed by atoms with van der Waals surface area (Å²) in [6.45, 7) is 3.01. The molecule has 0 spiro atoms. The summed E-state index contributed by atoms with van der Waals surface area (Å²) in [6, 6.07) is 10.5. The Kier molecular flexibility index (Phi) is 6.82. The molecule has 6 nitrogen and oxygen atoms in total. The van der Waals surface area contributed by atoms with Crippen LogP contribution in [0.4, 0.5) is 0 Å². The summed E-state index contributed by atoms with van der Waals surface area (Å²) in [4.78, 5) is 4.84. The molecule has 0 N–H and O–H groups in total. The van der Waals surface area contributed by atoms with Gasteiger partial charge in [-0.3, -0.25) is 0 Å². The van der Waals surface area contributed by atoms with Crippen LogP contribution in [0.15, 0.2) is 46.2 Å². The van der Waals surface area contributed by atoms with E-state index in [0.29, 0.717) is 45.6 Å². The second-order valence-electron chi connectivity index (χ2n) is 7.83. The van der Waals surface area contributed by atoms with Crippen molar-refractivity contribution in [2.45, 2.75) is 22.6 Å². The largest absolute Gasteiger partial charge is 0.494 e.